The minimum absolute atomic E-state index is 0.217. The van der Waals surface area contributed by atoms with E-state index in [0.717, 1.165) is 38.1 Å². The molecule has 6 nitrogen and oxygen atoms in total. The lowest BCUT2D eigenvalue weighted by Crippen LogP contribution is -2.53. The number of piperazine rings is 1. The number of nitrogens with one attached hydrogen (secondary N) is 1. The fourth-order valence-electron chi connectivity index (χ4n) is 5.56. The lowest BCUT2D eigenvalue weighted by atomic mass is 9.90. The van der Waals surface area contributed by atoms with Crippen molar-refractivity contribution in [3.63, 3.8) is 0 Å². The molecule has 0 aliphatic carbocycles. The van der Waals surface area contributed by atoms with Crippen LogP contribution < -0.4 is 15.1 Å². The van der Waals surface area contributed by atoms with Gasteiger partial charge in [-0.1, -0.05) is 17.7 Å². The Hall–Kier alpha value is -2.78. The highest BCUT2D eigenvalue weighted by Gasteiger charge is 2.31. The molecule has 2 aromatic carbocycles. The van der Waals surface area contributed by atoms with Crippen LogP contribution in [-0.4, -0.2) is 62.0 Å². The third kappa shape index (κ3) is 5.04. The molecular weight excluding hydrogens is 493 g/mol. The summed E-state index contributed by atoms with van der Waals surface area (Å²) in [4.78, 5) is 29.8. The molecule has 3 aliphatic rings. The zero-order chi connectivity index (χ0) is 25.4. The van der Waals surface area contributed by atoms with Crippen molar-refractivity contribution in [3.8, 4) is 0 Å². The molecule has 0 saturated carbocycles. The molecule has 1 atom stereocenters. The summed E-state index contributed by atoms with van der Waals surface area (Å²) in [5.74, 6) is -2.67. The average molecular weight is 521 g/mol. The number of imide groups is 1. The van der Waals surface area contributed by atoms with Gasteiger partial charge in [-0.05, 0) is 43.0 Å². The molecule has 5 rings (SSSR count). The standard InChI is InChI=1S/C26H28ClF3N4O2/c27-19-14-22(30)24(15-20(19)28)33-7-5-17(6-8-33)32-9-11-34(12-10-32)23-3-1-16(13-21(23)29)18-2-4-25(35)31-26(18)36/h1,3,13-15,17-18H,2,4-12H2,(H,31,35,36). The maximum atomic E-state index is 15.0. The smallest absolute Gasteiger partial charge is 0.234 e. The van der Waals surface area contributed by atoms with Crippen LogP contribution in [0.3, 0.4) is 0 Å². The van der Waals surface area contributed by atoms with E-state index in [-0.39, 0.29) is 34.8 Å². The summed E-state index contributed by atoms with van der Waals surface area (Å²) in [6, 6.07) is 7.44. The highest BCUT2D eigenvalue weighted by Crippen LogP contribution is 2.31. The number of anilines is 2. The highest BCUT2D eigenvalue weighted by atomic mass is 35.5. The third-order valence-electron chi connectivity index (χ3n) is 7.58. The summed E-state index contributed by atoms with van der Waals surface area (Å²) in [6.45, 7) is 4.16. The second-order valence-electron chi connectivity index (χ2n) is 9.67. The Kier molecular flexibility index (Phi) is 7.12. The summed E-state index contributed by atoms with van der Waals surface area (Å²) in [7, 11) is 0. The summed E-state index contributed by atoms with van der Waals surface area (Å²) in [6.07, 6.45) is 2.31. The van der Waals surface area contributed by atoms with Crippen LogP contribution >= 0.6 is 11.6 Å². The predicted molar refractivity (Wildman–Crippen MR) is 132 cm³/mol. The molecule has 3 fully saturated rings. The van der Waals surface area contributed by atoms with Crippen LogP contribution in [0.4, 0.5) is 24.5 Å². The molecule has 192 valence electrons. The lowest BCUT2D eigenvalue weighted by molar-refractivity contribution is -0.134. The van der Waals surface area contributed by atoms with Crippen molar-refractivity contribution in [2.24, 2.45) is 0 Å². The van der Waals surface area contributed by atoms with Gasteiger partial charge in [0, 0.05) is 57.8 Å². The van der Waals surface area contributed by atoms with Crippen LogP contribution in [0.2, 0.25) is 5.02 Å². The number of hydrogen-bond donors (Lipinski definition) is 1. The minimum Gasteiger partial charge on any atom is -0.369 e. The van der Waals surface area contributed by atoms with Crippen LogP contribution in [0.15, 0.2) is 30.3 Å². The maximum absolute atomic E-state index is 15.0. The van der Waals surface area contributed by atoms with E-state index in [4.69, 9.17) is 11.6 Å². The van der Waals surface area contributed by atoms with Crippen LogP contribution in [0, 0.1) is 17.5 Å². The highest BCUT2D eigenvalue weighted by molar-refractivity contribution is 6.30. The summed E-state index contributed by atoms with van der Waals surface area (Å²) < 4.78 is 43.1. The fourth-order valence-corrected chi connectivity index (χ4v) is 5.71. The lowest BCUT2D eigenvalue weighted by Gasteiger charge is -2.44. The molecule has 0 bridgehead atoms. The Bertz CT molecular complexity index is 1160. The van der Waals surface area contributed by atoms with Crippen molar-refractivity contribution in [1.82, 2.24) is 10.2 Å². The molecule has 0 aromatic heterocycles. The SMILES string of the molecule is O=C1CCC(c2ccc(N3CCN(C4CCN(c5cc(F)c(Cl)cc5F)CC4)CC3)c(F)c2)C(=O)N1. The molecule has 0 radical (unpaired) electrons. The molecular formula is C26H28ClF3N4O2. The van der Waals surface area contributed by atoms with Crippen molar-refractivity contribution in [3.05, 3.63) is 58.4 Å². The van der Waals surface area contributed by atoms with E-state index in [0.29, 0.717) is 49.9 Å². The molecule has 3 heterocycles. The molecule has 3 saturated heterocycles. The van der Waals surface area contributed by atoms with Gasteiger partial charge in [0.2, 0.25) is 11.8 Å². The molecule has 1 N–H and O–H groups in total. The normalized spacial score (nSPS) is 22.2. The fraction of sp³-hybridized carbons (Fsp3) is 0.462. The van der Waals surface area contributed by atoms with Gasteiger partial charge in [-0.3, -0.25) is 19.8 Å². The first-order valence-electron chi connectivity index (χ1n) is 12.3. The van der Waals surface area contributed by atoms with Crippen molar-refractivity contribution in [2.45, 2.75) is 37.6 Å². The van der Waals surface area contributed by atoms with Gasteiger partial charge in [0.15, 0.2) is 0 Å². The number of benzene rings is 2. The van der Waals surface area contributed by atoms with E-state index in [9.17, 15) is 18.4 Å². The van der Waals surface area contributed by atoms with Gasteiger partial charge in [-0.25, -0.2) is 13.2 Å². The number of hydrogen-bond acceptors (Lipinski definition) is 5. The zero-order valence-corrected chi connectivity index (χ0v) is 20.5. The second kappa shape index (κ2) is 10.3. The Labute approximate surface area is 213 Å². The average Bonchev–Trinajstić information content (AvgIpc) is 2.86. The Morgan fingerprint density at radius 2 is 1.44 bits per heavy atom. The van der Waals surface area contributed by atoms with E-state index >= 15 is 4.39 Å². The molecule has 2 amide bonds. The number of halogens is 4. The third-order valence-corrected chi connectivity index (χ3v) is 7.87. The first kappa shape index (κ1) is 24.9. The maximum Gasteiger partial charge on any atom is 0.234 e. The van der Waals surface area contributed by atoms with Gasteiger partial charge in [0.1, 0.15) is 17.5 Å². The van der Waals surface area contributed by atoms with E-state index in [1.54, 1.807) is 12.1 Å². The van der Waals surface area contributed by atoms with E-state index in [2.05, 4.69) is 10.2 Å². The van der Waals surface area contributed by atoms with Gasteiger partial charge >= 0.3 is 0 Å². The van der Waals surface area contributed by atoms with Gasteiger partial charge < -0.3 is 9.80 Å². The topological polar surface area (TPSA) is 55.9 Å². The molecule has 3 aliphatic heterocycles. The number of carbonyl (C=O) groups excluding carboxylic acids is 2. The van der Waals surface area contributed by atoms with E-state index < -0.39 is 17.6 Å². The van der Waals surface area contributed by atoms with Crippen LogP contribution in [0.1, 0.15) is 37.2 Å². The quantitative estimate of drug-likeness (QED) is 0.486. The molecule has 0 spiro atoms. The van der Waals surface area contributed by atoms with E-state index in [1.807, 2.05) is 9.80 Å². The molecule has 2 aromatic rings. The van der Waals surface area contributed by atoms with Crippen LogP contribution in [0.5, 0.6) is 0 Å². The van der Waals surface area contributed by atoms with Crippen molar-refractivity contribution >= 4 is 34.8 Å². The van der Waals surface area contributed by atoms with Gasteiger partial charge in [-0.2, -0.15) is 0 Å². The first-order valence-corrected chi connectivity index (χ1v) is 12.7. The minimum atomic E-state index is -0.622. The second-order valence-corrected chi connectivity index (χ2v) is 10.1. The van der Waals surface area contributed by atoms with Crippen LogP contribution in [0.25, 0.3) is 0 Å². The summed E-state index contributed by atoms with van der Waals surface area (Å²) in [5.41, 5.74) is 1.35. The molecule has 1 unspecified atom stereocenters. The predicted octanol–water partition coefficient (Wildman–Crippen LogP) is 4.07. The van der Waals surface area contributed by atoms with E-state index in [1.165, 1.54) is 6.07 Å². The van der Waals surface area contributed by atoms with Crippen LogP contribution in [-0.2, 0) is 9.59 Å². The van der Waals surface area contributed by atoms with Gasteiger partial charge in [0.25, 0.3) is 0 Å². The van der Waals surface area contributed by atoms with Crippen molar-refractivity contribution in [1.29, 1.82) is 0 Å². The van der Waals surface area contributed by atoms with Crippen molar-refractivity contribution in [2.75, 3.05) is 49.1 Å². The monoisotopic (exact) mass is 520 g/mol. The number of piperidine rings is 2. The summed E-state index contributed by atoms with van der Waals surface area (Å²) in [5, 5.41) is 2.10. The number of carbonyl (C=O) groups is 2. The first-order chi connectivity index (χ1) is 17.3. The zero-order valence-electron chi connectivity index (χ0n) is 19.8. The number of nitrogens with zero attached hydrogens (tertiary/aromatic N) is 3. The number of rotatable bonds is 4. The van der Waals surface area contributed by atoms with Gasteiger partial charge in [-0.15, -0.1) is 0 Å². The number of amides is 2. The molecule has 10 heteroatoms. The van der Waals surface area contributed by atoms with Crippen molar-refractivity contribution < 1.29 is 22.8 Å². The summed E-state index contributed by atoms with van der Waals surface area (Å²) >= 11 is 5.67. The Balaban J connectivity index is 1.15. The van der Waals surface area contributed by atoms with Gasteiger partial charge in [0.05, 0.1) is 22.3 Å². The largest absolute Gasteiger partial charge is 0.369 e. The Morgan fingerprint density at radius 1 is 0.778 bits per heavy atom. The Morgan fingerprint density at radius 3 is 2.11 bits per heavy atom. The molecule has 36 heavy (non-hydrogen) atoms.